The molecule has 4 nitrogen and oxygen atoms in total. The van der Waals surface area contributed by atoms with Crippen LogP contribution in [0.1, 0.15) is 17.0 Å². The minimum absolute atomic E-state index is 0.0329. The molecule has 0 atom stereocenters. The molecule has 1 N–H and O–H groups in total. The molecule has 0 amide bonds. The summed E-state index contributed by atoms with van der Waals surface area (Å²) in [5.74, 6) is 0.809. The summed E-state index contributed by atoms with van der Waals surface area (Å²) in [6, 6.07) is 3.62. The number of rotatable bonds is 3. The van der Waals surface area contributed by atoms with Crippen LogP contribution in [0.4, 0.5) is 0 Å². The van der Waals surface area contributed by atoms with Crippen molar-refractivity contribution in [2.24, 2.45) is 0 Å². The Labute approximate surface area is 97.7 Å². The first-order valence-corrected chi connectivity index (χ1v) is 5.69. The van der Waals surface area contributed by atoms with E-state index in [4.69, 9.17) is 9.52 Å². The maximum Gasteiger partial charge on any atom is 0.262 e. The minimum Gasteiger partial charge on any atom is -0.436 e. The molecule has 5 heteroatoms. The Morgan fingerprint density at radius 1 is 1.44 bits per heavy atom. The number of hydrogen-bond acceptors (Lipinski definition) is 5. The molecule has 0 unspecified atom stereocenters. The molecule has 0 saturated heterocycles. The maximum absolute atomic E-state index is 9.15. The Hall–Kier alpha value is -1.33. The molecule has 2 rings (SSSR count). The van der Waals surface area contributed by atoms with Crippen LogP contribution in [-0.2, 0) is 6.61 Å². The number of aliphatic hydroxyl groups excluding tert-OH is 1. The van der Waals surface area contributed by atoms with Crippen molar-refractivity contribution >= 4 is 11.8 Å². The monoisotopic (exact) mass is 236 g/mol. The van der Waals surface area contributed by atoms with Gasteiger partial charge < -0.3 is 9.52 Å². The van der Waals surface area contributed by atoms with Gasteiger partial charge in [-0.25, -0.2) is 9.97 Å². The summed E-state index contributed by atoms with van der Waals surface area (Å²) in [6.07, 6.45) is 1.68. The van der Waals surface area contributed by atoms with Gasteiger partial charge in [0.2, 0.25) is 0 Å². The second-order valence-electron chi connectivity index (χ2n) is 3.35. The summed E-state index contributed by atoms with van der Waals surface area (Å²) < 4.78 is 5.45. The molecular formula is C11H12N2O2S. The molecule has 0 radical (unpaired) electrons. The van der Waals surface area contributed by atoms with Gasteiger partial charge in [-0.2, -0.15) is 0 Å². The number of oxazole rings is 1. The van der Waals surface area contributed by atoms with Crippen LogP contribution in [0.5, 0.6) is 0 Å². The van der Waals surface area contributed by atoms with Crippen LogP contribution in [0.2, 0.25) is 0 Å². The van der Waals surface area contributed by atoms with Gasteiger partial charge in [0.1, 0.15) is 10.8 Å². The van der Waals surface area contributed by atoms with Crippen LogP contribution in [0.3, 0.4) is 0 Å². The van der Waals surface area contributed by atoms with Gasteiger partial charge in [-0.1, -0.05) is 6.07 Å². The van der Waals surface area contributed by atoms with E-state index < -0.39 is 0 Å². The molecular weight excluding hydrogens is 224 g/mol. The van der Waals surface area contributed by atoms with E-state index in [1.165, 1.54) is 11.8 Å². The topological polar surface area (TPSA) is 59.2 Å². The van der Waals surface area contributed by atoms with E-state index in [9.17, 15) is 0 Å². The smallest absolute Gasteiger partial charge is 0.262 e. The number of aliphatic hydroxyl groups is 1. The lowest BCUT2D eigenvalue weighted by molar-refractivity contribution is 0.278. The number of aryl methyl sites for hydroxylation is 2. The number of nitrogens with zero attached hydrogens (tertiary/aromatic N) is 2. The van der Waals surface area contributed by atoms with Gasteiger partial charge in [-0.15, -0.1) is 0 Å². The van der Waals surface area contributed by atoms with Gasteiger partial charge in [-0.3, -0.25) is 0 Å². The summed E-state index contributed by atoms with van der Waals surface area (Å²) in [4.78, 5) is 8.44. The van der Waals surface area contributed by atoms with Crippen molar-refractivity contribution in [1.29, 1.82) is 0 Å². The molecule has 84 valence electrons. The Morgan fingerprint density at radius 2 is 2.25 bits per heavy atom. The fraction of sp³-hybridized carbons (Fsp3) is 0.273. The number of aromatic nitrogens is 2. The molecule has 0 saturated carbocycles. The van der Waals surface area contributed by atoms with Crippen molar-refractivity contribution in [3.05, 3.63) is 35.3 Å². The average Bonchev–Trinajstić information content (AvgIpc) is 2.59. The normalized spacial score (nSPS) is 10.7. The van der Waals surface area contributed by atoms with E-state index in [-0.39, 0.29) is 6.61 Å². The minimum atomic E-state index is -0.0329. The number of hydrogen-bond donors (Lipinski definition) is 1. The molecule has 0 aromatic carbocycles. The summed E-state index contributed by atoms with van der Waals surface area (Å²) in [6.45, 7) is 3.74. The first-order chi connectivity index (χ1) is 7.70. The van der Waals surface area contributed by atoms with Gasteiger partial charge in [0.05, 0.1) is 12.3 Å². The lowest BCUT2D eigenvalue weighted by Gasteiger charge is -2.01. The third-order valence-corrected chi connectivity index (χ3v) is 3.12. The zero-order valence-corrected chi connectivity index (χ0v) is 9.91. The standard InChI is InChI=1S/C11H12N2O2S/c1-7-8(2)15-11(13-7)16-10-9(6-14)4-3-5-12-10/h3-5,14H,6H2,1-2H3. The quantitative estimate of drug-likeness (QED) is 0.886. The maximum atomic E-state index is 9.15. The molecule has 0 aliphatic rings. The third-order valence-electron chi connectivity index (χ3n) is 2.21. The summed E-state index contributed by atoms with van der Waals surface area (Å²) in [5, 5.41) is 10.4. The van der Waals surface area contributed by atoms with Crippen molar-refractivity contribution in [2.75, 3.05) is 0 Å². The Bertz CT molecular complexity index is 477. The molecule has 0 spiro atoms. The zero-order chi connectivity index (χ0) is 11.5. The lowest BCUT2D eigenvalue weighted by Crippen LogP contribution is -1.90. The molecule has 0 fully saturated rings. The van der Waals surface area contributed by atoms with Crippen LogP contribution in [0.25, 0.3) is 0 Å². The Morgan fingerprint density at radius 3 is 2.88 bits per heavy atom. The van der Waals surface area contributed by atoms with Crippen LogP contribution in [-0.4, -0.2) is 15.1 Å². The molecule has 2 aromatic heterocycles. The van der Waals surface area contributed by atoms with Crippen LogP contribution >= 0.6 is 11.8 Å². The highest BCUT2D eigenvalue weighted by Crippen LogP contribution is 2.29. The van der Waals surface area contributed by atoms with E-state index in [0.717, 1.165) is 22.0 Å². The number of pyridine rings is 1. The Balaban J connectivity index is 2.26. The highest BCUT2D eigenvalue weighted by atomic mass is 32.2. The summed E-state index contributed by atoms with van der Waals surface area (Å²) in [7, 11) is 0. The molecule has 16 heavy (non-hydrogen) atoms. The first kappa shape index (κ1) is 11.2. The van der Waals surface area contributed by atoms with Crippen molar-refractivity contribution < 1.29 is 9.52 Å². The largest absolute Gasteiger partial charge is 0.436 e. The highest BCUT2D eigenvalue weighted by Gasteiger charge is 2.10. The van der Waals surface area contributed by atoms with E-state index in [2.05, 4.69) is 9.97 Å². The van der Waals surface area contributed by atoms with Gasteiger partial charge >= 0.3 is 0 Å². The van der Waals surface area contributed by atoms with Gasteiger partial charge in [0.15, 0.2) is 0 Å². The fourth-order valence-electron chi connectivity index (χ4n) is 1.21. The van der Waals surface area contributed by atoms with E-state index in [0.29, 0.717) is 5.22 Å². The van der Waals surface area contributed by atoms with Gasteiger partial charge in [-0.05, 0) is 31.7 Å². The van der Waals surface area contributed by atoms with Crippen LogP contribution in [0.15, 0.2) is 33.0 Å². The van der Waals surface area contributed by atoms with Crippen LogP contribution < -0.4 is 0 Å². The van der Waals surface area contributed by atoms with E-state index in [1.54, 1.807) is 12.3 Å². The fourth-order valence-corrected chi connectivity index (χ4v) is 2.10. The predicted molar refractivity (Wildman–Crippen MR) is 60.3 cm³/mol. The molecule has 2 heterocycles. The predicted octanol–water partition coefficient (Wildman–Crippen LogP) is 2.33. The second kappa shape index (κ2) is 4.67. The van der Waals surface area contributed by atoms with Crippen molar-refractivity contribution in [3.63, 3.8) is 0 Å². The third kappa shape index (κ3) is 2.25. The highest BCUT2D eigenvalue weighted by molar-refractivity contribution is 7.99. The first-order valence-electron chi connectivity index (χ1n) is 4.87. The molecule has 0 aliphatic carbocycles. The lowest BCUT2D eigenvalue weighted by atomic mass is 10.3. The molecule has 0 aliphatic heterocycles. The van der Waals surface area contributed by atoms with Crippen molar-refractivity contribution in [1.82, 2.24) is 9.97 Å². The van der Waals surface area contributed by atoms with Gasteiger partial charge in [0, 0.05) is 11.8 Å². The van der Waals surface area contributed by atoms with Crippen molar-refractivity contribution in [2.45, 2.75) is 30.7 Å². The SMILES string of the molecule is Cc1nc(Sc2ncccc2CO)oc1C. The Kier molecular flexibility index (Phi) is 3.26. The second-order valence-corrected chi connectivity index (χ2v) is 4.29. The summed E-state index contributed by atoms with van der Waals surface area (Å²) >= 11 is 1.32. The molecule has 0 bridgehead atoms. The summed E-state index contributed by atoms with van der Waals surface area (Å²) in [5.41, 5.74) is 1.66. The van der Waals surface area contributed by atoms with E-state index in [1.807, 2.05) is 19.9 Å². The van der Waals surface area contributed by atoms with E-state index >= 15 is 0 Å². The van der Waals surface area contributed by atoms with Crippen LogP contribution in [0, 0.1) is 13.8 Å². The molecule has 2 aromatic rings. The van der Waals surface area contributed by atoms with Gasteiger partial charge in [0.25, 0.3) is 5.22 Å². The average molecular weight is 236 g/mol. The van der Waals surface area contributed by atoms with Crippen molar-refractivity contribution in [3.8, 4) is 0 Å². The zero-order valence-electron chi connectivity index (χ0n) is 9.10.